The van der Waals surface area contributed by atoms with Gasteiger partial charge in [-0.25, -0.2) is 0 Å². The van der Waals surface area contributed by atoms with Crippen LogP contribution >= 0.6 is 15.9 Å². The second-order valence-electron chi connectivity index (χ2n) is 4.79. The molecule has 1 N–H and O–H groups in total. The van der Waals surface area contributed by atoms with Gasteiger partial charge in [-0.2, -0.15) is 5.10 Å². The standard InChI is InChI=1S/C15H21BrN4O/c1-4-17-14(13-7-5-6-11(2)19-13)15-12(16)10-18-20(15)8-9-21-3/h5-7,10,14,17H,4,8-9H2,1-3H3. The lowest BCUT2D eigenvalue weighted by Crippen LogP contribution is -2.27. The Labute approximate surface area is 133 Å². The third-order valence-electron chi connectivity index (χ3n) is 3.23. The van der Waals surface area contributed by atoms with Gasteiger partial charge in [-0.15, -0.1) is 0 Å². The van der Waals surface area contributed by atoms with Gasteiger partial charge in [0.05, 0.1) is 41.3 Å². The summed E-state index contributed by atoms with van der Waals surface area (Å²) >= 11 is 3.60. The van der Waals surface area contributed by atoms with E-state index in [4.69, 9.17) is 4.74 Å². The van der Waals surface area contributed by atoms with Gasteiger partial charge in [0.2, 0.25) is 0 Å². The largest absolute Gasteiger partial charge is 0.383 e. The first-order chi connectivity index (χ1) is 10.2. The van der Waals surface area contributed by atoms with Gasteiger partial charge in [-0.1, -0.05) is 13.0 Å². The Morgan fingerprint density at radius 1 is 1.43 bits per heavy atom. The van der Waals surface area contributed by atoms with E-state index in [-0.39, 0.29) is 6.04 Å². The van der Waals surface area contributed by atoms with E-state index in [2.05, 4.69) is 38.3 Å². The molecule has 114 valence electrons. The first-order valence-corrected chi connectivity index (χ1v) is 7.83. The monoisotopic (exact) mass is 352 g/mol. The fourth-order valence-electron chi connectivity index (χ4n) is 2.29. The van der Waals surface area contributed by atoms with Crippen LogP contribution in [0.5, 0.6) is 0 Å². The van der Waals surface area contributed by atoms with Crippen LogP contribution in [0.3, 0.4) is 0 Å². The van der Waals surface area contributed by atoms with Crippen molar-refractivity contribution in [3.05, 3.63) is 46.0 Å². The quantitative estimate of drug-likeness (QED) is 0.832. The van der Waals surface area contributed by atoms with Crippen molar-refractivity contribution in [2.75, 3.05) is 20.3 Å². The molecule has 0 radical (unpaired) electrons. The number of methoxy groups -OCH3 is 1. The molecule has 0 aliphatic heterocycles. The summed E-state index contributed by atoms with van der Waals surface area (Å²) in [5, 5.41) is 7.92. The second kappa shape index (κ2) is 7.68. The summed E-state index contributed by atoms with van der Waals surface area (Å²) in [7, 11) is 1.70. The van der Waals surface area contributed by atoms with Gasteiger partial charge >= 0.3 is 0 Å². The van der Waals surface area contributed by atoms with Crippen LogP contribution in [0.1, 0.15) is 30.0 Å². The van der Waals surface area contributed by atoms with Gasteiger partial charge in [0.25, 0.3) is 0 Å². The van der Waals surface area contributed by atoms with Crippen molar-refractivity contribution in [1.82, 2.24) is 20.1 Å². The number of ether oxygens (including phenoxy) is 1. The third-order valence-corrected chi connectivity index (χ3v) is 3.84. The van der Waals surface area contributed by atoms with Gasteiger partial charge < -0.3 is 10.1 Å². The van der Waals surface area contributed by atoms with Gasteiger partial charge in [0.15, 0.2) is 0 Å². The molecule has 0 aromatic carbocycles. The van der Waals surface area contributed by atoms with E-state index in [1.54, 1.807) is 7.11 Å². The number of nitrogens with zero attached hydrogens (tertiary/aromatic N) is 3. The van der Waals surface area contributed by atoms with Crippen LogP contribution in [0, 0.1) is 6.92 Å². The molecule has 2 rings (SSSR count). The molecule has 0 aliphatic rings. The molecule has 0 spiro atoms. The highest BCUT2D eigenvalue weighted by Crippen LogP contribution is 2.27. The Hall–Kier alpha value is -1.24. The zero-order valence-electron chi connectivity index (χ0n) is 12.6. The van der Waals surface area contributed by atoms with E-state index >= 15 is 0 Å². The summed E-state index contributed by atoms with van der Waals surface area (Å²) in [6.07, 6.45) is 1.82. The smallest absolute Gasteiger partial charge is 0.0933 e. The minimum absolute atomic E-state index is 0.00336. The molecule has 0 saturated carbocycles. The van der Waals surface area contributed by atoms with E-state index < -0.39 is 0 Å². The maximum Gasteiger partial charge on any atom is 0.0933 e. The Balaban J connectivity index is 2.40. The van der Waals surface area contributed by atoms with Gasteiger partial charge in [0, 0.05) is 12.8 Å². The lowest BCUT2D eigenvalue weighted by atomic mass is 10.1. The summed E-state index contributed by atoms with van der Waals surface area (Å²) in [6, 6.07) is 6.08. The molecule has 1 unspecified atom stereocenters. The van der Waals surface area contributed by atoms with Gasteiger partial charge in [0.1, 0.15) is 0 Å². The number of nitrogens with one attached hydrogen (secondary N) is 1. The highest BCUT2D eigenvalue weighted by molar-refractivity contribution is 9.10. The van der Waals surface area contributed by atoms with Crippen molar-refractivity contribution in [2.24, 2.45) is 0 Å². The van der Waals surface area contributed by atoms with Crippen LogP contribution in [-0.4, -0.2) is 35.0 Å². The number of hydrogen-bond acceptors (Lipinski definition) is 4. The molecule has 2 aromatic rings. The average Bonchev–Trinajstić information content (AvgIpc) is 2.83. The summed E-state index contributed by atoms with van der Waals surface area (Å²) in [4.78, 5) is 4.65. The van der Waals surface area contributed by atoms with E-state index in [9.17, 15) is 0 Å². The SMILES string of the molecule is CCNC(c1cccc(C)n1)c1c(Br)cnn1CCOC. The highest BCUT2D eigenvalue weighted by atomic mass is 79.9. The van der Waals surface area contributed by atoms with Crippen molar-refractivity contribution < 1.29 is 4.74 Å². The first kappa shape index (κ1) is 16.1. The number of aromatic nitrogens is 3. The zero-order chi connectivity index (χ0) is 15.2. The van der Waals surface area contributed by atoms with E-state index in [1.807, 2.05) is 36.0 Å². The minimum Gasteiger partial charge on any atom is -0.383 e. The molecule has 0 saturated heterocycles. The van der Waals surface area contributed by atoms with Crippen molar-refractivity contribution in [2.45, 2.75) is 26.4 Å². The number of aryl methyl sites for hydroxylation is 1. The molecule has 0 bridgehead atoms. The van der Waals surface area contributed by atoms with Crippen LogP contribution in [0.25, 0.3) is 0 Å². The average molecular weight is 353 g/mol. The molecular formula is C15H21BrN4O. The van der Waals surface area contributed by atoms with Crippen molar-refractivity contribution in [1.29, 1.82) is 0 Å². The predicted molar refractivity (Wildman–Crippen MR) is 86.3 cm³/mol. The molecule has 1 atom stereocenters. The van der Waals surface area contributed by atoms with Gasteiger partial charge in [-0.05, 0) is 41.5 Å². The van der Waals surface area contributed by atoms with E-state index in [1.165, 1.54) is 0 Å². The molecule has 2 aromatic heterocycles. The van der Waals surface area contributed by atoms with Crippen LogP contribution in [0.4, 0.5) is 0 Å². The maximum atomic E-state index is 5.16. The second-order valence-corrected chi connectivity index (χ2v) is 5.64. The first-order valence-electron chi connectivity index (χ1n) is 7.04. The summed E-state index contributed by atoms with van der Waals surface area (Å²) < 4.78 is 8.11. The van der Waals surface area contributed by atoms with Gasteiger partial charge in [-0.3, -0.25) is 9.67 Å². The van der Waals surface area contributed by atoms with Crippen molar-refractivity contribution in [3.63, 3.8) is 0 Å². The highest BCUT2D eigenvalue weighted by Gasteiger charge is 2.22. The van der Waals surface area contributed by atoms with Crippen molar-refractivity contribution >= 4 is 15.9 Å². The molecule has 5 nitrogen and oxygen atoms in total. The van der Waals surface area contributed by atoms with E-state index in [0.29, 0.717) is 13.2 Å². The summed E-state index contributed by atoms with van der Waals surface area (Å²) in [6.45, 7) is 6.28. The Morgan fingerprint density at radius 3 is 2.90 bits per heavy atom. The molecule has 0 aliphatic carbocycles. The summed E-state index contributed by atoms with van der Waals surface area (Å²) in [5.74, 6) is 0. The van der Waals surface area contributed by atoms with Crippen LogP contribution in [0.15, 0.2) is 28.9 Å². The van der Waals surface area contributed by atoms with Crippen LogP contribution in [-0.2, 0) is 11.3 Å². The summed E-state index contributed by atoms with van der Waals surface area (Å²) in [5.41, 5.74) is 3.08. The Morgan fingerprint density at radius 2 is 2.24 bits per heavy atom. The molecule has 2 heterocycles. The number of rotatable bonds is 7. The zero-order valence-corrected chi connectivity index (χ0v) is 14.2. The lowest BCUT2D eigenvalue weighted by Gasteiger charge is -2.20. The fourth-order valence-corrected chi connectivity index (χ4v) is 2.81. The predicted octanol–water partition coefficient (Wildman–Crippen LogP) is 2.69. The third kappa shape index (κ3) is 3.90. The molecule has 21 heavy (non-hydrogen) atoms. The number of hydrogen-bond donors (Lipinski definition) is 1. The van der Waals surface area contributed by atoms with Crippen LogP contribution < -0.4 is 5.32 Å². The molecule has 0 amide bonds. The lowest BCUT2D eigenvalue weighted by molar-refractivity contribution is 0.182. The van der Waals surface area contributed by atoms with E-state index in [0.717, 1.165) is 28.1 Å². The normalized spacial score (nSPS) is 12.6. The number of halogens is 1. The Kier molecular flexibility index (Phi) is 5.90. The Bertz CT molecular complexity index is 585. The fraction of sp³-hybridized carbons (Fsp3) is 0.467. The molecule has 0 fully saturated rings. The number of pyridine rings is 1. The minimum atomic E-state index is 0.00336. The topological polar surface area (TPSA) is 52.0 Å². The molecule has 6 heteroatoms. The van der Waals surface area contributed by atoms with Crippen LogP contribution in [0.2, 0.25) is 0 Å². The van der Waals surface area contributed by atoms with Crippen molar-refractivity contribution in [3.8, 4) is 0 Å². The maximum absolute atomic E-state index is 5.16. The molecular weight excluding hydrogens is 332 g/mol.